The molecule has 4 atom stereocenters. The smallest absolute Gasteiger partial charge is 0.303 e. The summed E-state index contributed by atoms with van der Waals surface area (Å²) >= 11 is 0. The van der Waals surface area contributed by atoms with Crippen LogP contribution in [0.4, 0.5) is 0 Å². The third-order valence-electron chi connectivity index (χ3n) is 7.05. The zero-order valence-corrected chi connectivity index (χ0v) is 18.1. The number of allylic oxidation sites excluding steroid dienone is 2. The predicted molar refractivity (Wildman–Crippen MR) is 106 cm³/mol. The first-order valence-corrected chi connectivity index (χ1v) is 13.0. The van der Waals surface area contributed by atoms with Crippen LogP contribution in [0.3, 0.4) is 0 Å². The van der Waals surface area contributed by atoms with Gasteiger partial charge in [-0.15, -0.1) is 0 Å². The maximum Gasteiger partial charge on any atom is 0.303 e. The van der Waals surface area contributed by atoms with E-state index in [4.69, 9.17) is 9.53 Å². The highest BCUT2D eigenvalue weighted by Gasteiger charge is 2.46. The molecule has 25 heavy (non-hydrogen) atoms. The molecule has 2 fully saturated rings. The van der Waals surface area contributed by atoms with Crippen molar-refractivity contribution in [3.05, 3.63) is 11.6 Å². The average molecular weight is 367 g/mol. The molecule has 4 heteroatoms. The van der Waals surface area contributed by atoms with Crippen LogP contribution in [0.5, 0.6) is 0 Å². The molecular weight excluding hydrogens is 328 g/mol. The summed E-state index contributed by atoms with van der Waals surface area (Å²) in [5.74, 6) is 2.40. The van der Waals surface area contributed by atoms with Gasteiger partial charge < -0.3 is 9.53 Å². The van der Waals surface area contributed by atoms with E-state index in [2.05, 4.69) is 46.9 Å². The van der Waals surface area contributed by atoms with Gasteiger partial charge in [0.2, 0.25) is 0 Å². The normalized spacial score (nSPS) is 31.5. The lowest BCUT2D eigenvalue weighted by atomic mass is 9.89. The number of carboxylic acid groups (broad SMARTS) is 1. The van der Waals surface area contributed by atoms with Gasteiger partial charge in [0.1, 0.15) is 0 Å². The van der Waals surface area contributed by atoms with Gasteiger partial charge in [0.25, 0.3) is 0 Å². The van der Waals surface area contributed by atoms with E-state index in [9.17, 15) is 4.79 Å². The van der Waals surface area contributed by atoms with Crippen LogP contribution in [0, 0.1) is 23.7 Å². The first-order valence-electron chi connectivity index (χ1n) is 10.0. The van der Waals surface area contributed by atoms with Crippen molar-refractivity contribution in [1.29, 1.82) is 0 Å². The maximum absolute atomic E-state index is 10.6. The van der Waals surface area contributed by atoms with Crippen molar-refractivity contribution in [3.8, 4) is 0 Å². The fourth-order valence-corrected chi connectivity index (χ4v) is 5.45. The summed E-state index contributed by atoms with van der Waals surface area (Å²) < 4.78 is 6.57. The van der Waals surface area contributed by atoms with Gasteiger partial charge >= 0.3 is 5.97 Å². The van der Waals surface area contributed by atoms with Crippen molar-refractivity contribution >= 4 is 14.3 Å². The van der Waals surface area contributed by atoms with Crippen molar-refractivity contribution in [2.75, 3.05) is 6.61 Å². The van der Waals surface area contributed by atoms with E-state index in [0.29, 0.717) is 5.92 Å². The molecule has 0 radical (unpaired) electrons. The molecule has 0 spiro atoms. The molecule has 0 saturated heterocycles. The number of fused-ring (bicyclic) bond motifs is 1. The van der Waals surface area contributed by atoms with E-state index >= 15 is 0 Å². The molecule has 1 N–H and O–H groups in total. The second-order valence-corrected chi connectivity index (χ2v) is 14.7. The highest BCUT2D eigenvalue weighted by Crippen LogP contribution is 2.53. The Balaban J connectivity index is 1.89. The molecule has 2 rings (SSSR count). The molecule has 3 nitrogen and oxygen atoms in total. The molecule has 0 unspecified atom stereocenters. The number of rotatable bonds is 7. The molecule has 0 aromatic heterocycles. The van der Waals surface area contributed by atoms with Gasteiger partial charge in [-0.2, -0.15) is 0 Å². The summed E-state index contributed by atoms with van der Waals surface area (Å²) in [5, 5.41) is 9.03. The lowest BCUT2D eigenvalue weighted by Crippen LogP contribution is -2.42. The van der Waals surface area contributed by atoms with Crippen molar-refractivity contribution in [2.24, 2.45) is 23.7 Å². The molecule has 0 aromatic carbocycles. The SMILES string of the molecule is C[C@@H]1C[C@@H]2C/C(=C\CCCC(=O)O)C[C@@H]2[C@H]1CO[Si](C)(C)C(C)(C)C. The van der Waals surface area contributed by atoms with Crippen LogP contribution in [0.1, 0.15) is 66.2 Å². The van der Waals surface area contributed by atoms with Crippen LogP contribution in [0.2, 0.25) is 18.1 Å². The Kier molecular flexibility index (Phi) is 6.58. The minimum atomic E-state index is -1.67. The molecule has 0 bridgehead atoms. The Hall–Kier alpha value is -0.613. The summed E-state index contributed by atoms with van der Waals surface area (Å²) in [5.41, 5.74) is 1.57. The third-order valence-corrected chi connectivity index (χ3v) is 11.6. The van der Waals surface area contributed by atoms with E-state index in [-0.39, 0.29) is 11.5 Å². The van der Waals surface area contributed by atoms with Crippen LogP contribution >= 0.6 is 0 Å². The molecular formula is C21H38O3Si. The number of carbonyl (C=O) groups is 1. The number of aliphatic carboxylic acids is 1. The lowest BCUT2D eigenvalue weighted by Gasteiger charge is -2.38. The van der Waals surface area contributed by atoms with Gasteiger partial charge in [-0.05, 0) is 73.9 Å². The van der Waals surface area contributed by atoms with Gasteiger partial charge in [0, 0.05) is 13.0 Å². The van der Waals surface area contributed by atoms with E-state index in [1.165, 1.54) is 19.3 Å². The number of hydrogen-bond acceptors (Lipinski definition) is 2. The zero-order valence-electron chi connectivity index (χ0n) is 17.1. The van der Waals surface area contributed by atoms with Gasteiger partial charge in [-0.3, -0.25) is 4.79 Å². The number of carboxylic acids is 1. The summed E-state index contributed by atoms with van der Waals surface area (Å²) in [6.45, 7) is 15.0. The van der Waals surface area contributed by atoms with Crippen molar-refractivity contribution in [2.45, 2.75) is 84.4 Å². The van der Waals surface area contributed by atoms with Gasteiger partial charge in [-0.25, -0.2) is 0 Å². The highest BCUT2D eigenvalue weighted by molar-refractivity contribution is 6.74. The molecule has 2 aliphatic rings. The molecule has 2 saturated carbocycles. The third kappa shape index (κ3) is 5.19. The molecule has 0 amide bonds. The summed E-state index contributed by atoms with van der Waals surface area (Å²) in [7, 11) is -1.67. The Morgan fingerprint density at radius 1 is 1.32 bits per heavy atom. The fourth-order valence-electron chi connectivity index (χ4n) is 4.41. The number of hydrogen-bond donors (Lipinski definition) is 1. The van der Waals surface area contributed by atoms with E-state index in [1.54, 1.807) is 5.57 Å². The monoisotopic (exact) mass is 366 g/mol. The Labute approximate surface area is 155 Å². The minimum absolute atomic E-state index is 0.277. The fraction of sp³-hybridized carbons (Fsp3) is 0.857. The van der Waals surface area contributed by atoms with Crippen molar-refractivity contribution in [3.63, 3.8) is 0 Å². The van der Waals surface area contributed by atoms with Crippen molar-refractivity contribution in [1.82, 2.24) is 0 Å². The van der Waals surface area contributed by atoms with Crippen LogP contribution < -0.4 is 0 Å². The van der Waals surface area contributed by atoms with E-state index < -0.39 is 14.3 Å². The topological polar surface area (TPSA) is 46.5 Å². The lowest BCUT2D eigenvalue weighted by molar-refractivity contribution is -0.137. The van der Waals surface area contributed by atoms with Crippen LogP contribution in [-0.4, -0.2) is 26.0 Å². The van der Waals surface area contributed by atoms with Crippen LogP contribution in [0.15, 0.2) is 11.6 Å². The second-order valence-electron chi connectivity index (χ2n) is 9.93. The van der Waals surface area contributed by atoms with Crippen LogP contribution in [0.25, 0.3) is 0 Å². The first kappa shape index (κ1) is 20.7. The summed E-state index contributed by atoms with van der Waals surface area (Å²) in [6, 6.07) is 0. The quantitative estimate of drug-likeness (QED) is 0.348. The highest BCUT2D eigenvalue weighted by atomic mass is 28.4. The Morgan fingerprint density at radius 3 is 2.60 bits per heavy atom. The standard InChI is InChI=1S/C21H38O3Si/c1-15-11-17-12-16(9-7-8-10-20(22)23)13-18(17)19(15)14-24-25(5,6)21(2,3)4/h9,15,17-19H,7-8,10-14H2,1-6H3,(H,22,23)/b16-9+/t15-,17-,18+,19+/m1/s1. The second kappa shape index (κ2) is 7.95. The van der Waals surface area contributed by atoms with E-state index in [0.717, 1.165) is 37.2 Å². The van der Waals surface area contributed by atoms with Crippen molar-refractivity contribution < 1.29 is 14.3 Å². The zero-order chi connectivity index (χ0) is 18.8. The Morgan fingerprint density at radius 2 is 2.00 bits per heavy atom. The average Bonchev–Trinajstić information content (AvgIpc) is 2.97. The Bertz CT molecular complexity index is 504. The van der Waals surface area contributed by atoms with Crippen LogP contribution in [-0.2, 0) is 9.22 Å². The van der Waals surface area contributed by atoms with Gasteiger partial charge in [0.05, 0.1) is 0 Å². The molecule has 0 heterocycles. The summed E-state index contributed by atoms with van der Waals surface area (Å²) in [4.78, 5) is 10.6. The van der Waals surface area contributed by atoms with Gasteiger partial charge in [-0.1, -0.05) is 39.3 Å². The molecule has 0 aliphatic heterocycles. The molecule has 144 valence electrons. The first-order chi connectivity index (χ1) is 11.5. The molecule has 0 aromatic rings. The maximum atomic E-state index is 10.6. The van der Waals surface area contributed by atoms with E-state index in [1.807, 2.05) is 0 Å². The van der Waals surface area contributed by atoms with Gasteiger partial charge in [0.15, 0.2) is 8.32 Å². The molecule has 2 aliphatic carbocycles. The minimum Gasteiger partial charge on any atom is -0.481 e. The largest absolute Gasteiger partial charge is 0.481 e. The summed E-state index contributed by atoms with van der Waals surface area (Å²) in [6.07, 6.45) is 8.09. The predicted octanol–water partition coefficient (Wildman–Crippen LogP) is 5.87. The number of unbranched alkanes of at least 4 members (excludes halogenated alkanes) is 1.